The van der Waals surface area contributed by atoms with Crippen LogP contribution in [0.3, 0.4) is 0 Å². The van der Waals surface area contributed by atoms with Crippen LogP contribution in [0.2, 0.25) is 0 Å². The van der Waals surface area contributed by atoms with Crippen LogP contribution in [0.4, 0.5) is 0 Å². The normalized spacial score (nSPS) is 22.3. The molecule has 1 saturated heterocycles. The second-order valence-electron chi connectivity index (χ2n) is 3.87. The van der Waals surface area contributed by atoms with Crippen molar-refractivity contribution in [3.8, 4) is 0 Å². The first kappa shape index (κ1) is 12.4. The number of nitrogens with one attached hydrogen (secondary N) is 2. The Morgan fingerprint density at radius 2 is 1.93 bits per heavy atom. The van der Waals surface area contributed by atoms with Crippen molar-refractivity contribution in [2.75, 3.05) is 27.3 Å². The summed E-state index contributed by atoms with van der Waals surface area (Å²) in [5.74, 6) is -0.430. The van der Waals surface area contributed by atoms with E-state index in [-0.39, 0.29) is 6.04 Å². The number of carboxylic acid groups (broad SMARTS) is 1. The third-order valence-corrected chi connectivity index (χ3v) is 3.04. The van der Waals surface area contributed by atoms with Crippen LogP contribution in [-0.2, 0) is 9.53 Å². The first-order chi connectivity index (χ1) is 7.20. The summed E-state index contributed by atoms with van der Waals surface area (Å²) in [6.45, 7) is 1.47. The Morgan fingerprint density at radius 3 is 2.33 bits per heavy atom. The summed E-state index contributed by atoms with van der Waals surface area (Å²) < 4.78 is 5.27. The fourth-order valence-electron chi connectivity index (χ4n) is 2.21. The van der Waals surface area contributed by atoms with Crippen LogP contribution in [0.15, 0.2) is 0 Å². The van der Waals surface area contributed by atoms with Crippen molar-refractivity contribution in [1.82, 2.24) is 10.6 Å². The zero-order valence-corrected chi connectivity index (χ0v) is 9.32. The molecule has 0 bridgehead atoms. The van der Waals surface area contributed by atoms with Gasteiger partial charge in [-0.25, -0.2) is 0 Å². The first-order valence-corrected chi connectivity index (χ1v) is 5.35. The van der Waals surface area contributed by atoms with E-state index in [2.05, 4.69) is 10.6 Å². The van der Waals surface area contributed by atoms with Crippen LogP contribution in [0.25, 0.3) is 0 Å². The molecule has 5 nitrogen and oxygen atoms in total. The van der Waals surface area contributed by atoms with Crippen molar-refractivity contribution in [3.05, 3.63) is 0 Å². The SMILES string of the molecule is CNC(C(=O)O)C(NC)C1CCOCC1. The average Bonchev–Trinajstić information content (AvgIpc) is 2.26. The Kier molecular flexibility index (Phi) is 5.01. The number of carboxylic acids is 1. The fraction of sp³-hybridized carbons (Fsp3) is 0.900. The van der Waals surface area contributed by atoms with Crippen LogP contribution in [0.1, 0.15) is 12.8 Å². The average molecular weight is 216 g/mol. The molecule has 1 aliphatic heterocycles. The molecule has 5 heteroatoms. The molecule has 0 aromatic carbocycles. The van der Waals surface area contributed by atoms with Crippen LogP contribution in [-0.4, -0.2) is 50.5 Å². The molecule has 0 aromatic rings. The maximum absolute atomic E-state index is 11.0. The molecule has 3 N–H and O–H groups in total. The number of hydrogen-bond acceptors (Lipinski definition) is 4. The van der Waals surface area contributed by atoms with Crippen molar-refractivity contribution >= 4 is 5.97 Å². The van der Waals surface area contributed by atoms with Crippen molar-refractivity contribution in [1.29, 1.82) is 0 Å². The number of hydrogen-bond donors (Lipinski definition) is 3. The summed E-state index contributed by atoms with van der Waals surface area (Å²) in [6.07, 6.45) is 1.86. The maximum Gasteiger partial charge on any atom is 0.322 e. The van der Waals surface area contributed by atoms with Gasteiger partial charge in [-0.05, 0) is 32.9 Å². The lowest BCUT2D eigenvalue weighted by atomic mass is 9.87. The van der Waals surface area contributed by atoms with Gasteiger partial charge in [0.25, 0.3) is 0 Å². The maximum atomic E-state index is 11.0. The zero-order chi connectivity index (χ0) is 11.3. The molecule has 0 saturated carbocycles. The Balaban J connectivity index is 2.62. The summed E-state index contributed by atoms with van der Waals surface area (Å²) in [5, 5.41) is 15.0. The van der Waals surface area contributed by atoms with Gasteiger partial charge in [0.2, 0.25) is 0 Å². The van der Waals surface area contributed by atoms with Gasteiger partial charge in [0.15, 0.2) is 0 Å². The molecule has 15 heavy (non-hydrogen) atoms. The molecule has 0 amide bonds. The highest BCUT2D eigenvalue weighted by molar-refractivity contribution is 5.74. The van der Waals surface area contributed by atoms with Crippen molar-refractivity contribution in [2.45, 2.75) is 24.9 Å². The van der Waals surface area contributed by atoms with Gasteiger partial charge < -0.3 is 20.5 Å². The van der Waals surface area contributed by atoms with Crippen molar-refractivity contribution in [2.24, 2.45) is 5.92 Å². The van der Waals surface area contributed by atoms with Gasteiger partial charge in [-0.2, -0.15) is 0 Å². The quantitative estimate of drug-likeness (QED) is 0.587. The number of ether oxygens (including phenoxy) is 1. The van der Waals surface area contributed by atoms with Gasteiger partial charge in [-0.1, -0.05) is 0 Å². The molecular formula is C10H20N2O3. The number of aliphatic carboxylic acids is 1. The molecule has 0 spiro atoms. The van der Waals surface area contributed by atoms with Gasteiger partial charge in [-0.3, -0.25) is 4.79 Å². The van der Waals surface area contributed by atoms with E-state index in [1.165, 1.54) is 0 Å². The summed E-state index contributed by atoms with van der Waals surface area (Å²) >= 11 is 0. The van der Waals surface area contributed by atoms with Gasteiger partial charge >= 0.3 is 5.97 Å². The minimum atomic E-state index is -0.802. The summed E-state index contributed by atoms with van der Waals surface area (Å²) in [5.41, 5.74) is 0. The number of carbonyl (C=O) groups is 1. The minimum absolute atomic E-state index is 0.0311. The second kappa shape index (κ2) is 6.05. The minimum Gasteiger partial charge on any atom is -0.480 e. The van der Waals surface area contributed by atoms with Gasteiger partial charge in [0.05, 0.1) is 0 Å². The Labute approximate surface area is 90.2 Å². The lowest BCUT2D eigenvalue weighted by Crippen LogP contribution is -2.54. The largest absolute Gasteiger partial charge is 0.480 e. The monoisotopic (exact) mass is 216 g/mol. The Bertz CT molecular complexity index is 205. The molecule has 0 aromatic heterocycles. The smallest absolute Gasteiger partial charge is 0.322 e. The van der Waals surface area contributed by atoms with E-state index >= 15 is 0 Å². The predicted octanol–water partition coefficient (Wildman–Crippen LogP) is -0.326. The molecule has 1 rings (SSSR count). The molecule has 1 heterocycles. The zero-order valence-electron chi connectivity index (χ0n) is 9.32. The lowest BCUT2D eigenvalue weighted by Gasteiger charge is -2.33. The van der Waals surface area contributed by atoms with E-state index < -0.39 is 12.0 Å². The van der Waals surface area contributed by atoms with Crippen molar-refractivity contribution < 1.29 is 14.6 Å². The molecule has 0 radical (unpaired) electrons. The molecule has 1 fully saturated rings. The number of likely N-dealkylation sites (N-methyl/N-ethyl adjacent to an activating group) is 2. The van der Waals surface area contributed by atoms with Gasteiger partial charge in [0.1, 0.15) is 6.04 Å². The lowest BCUT2D eigenvalue weighted by molar-refractivity contribution is -0.140. The molecule has 2 atom stereocenters. The third-order valence-electron chi connectivity index (χ3n) is 3.04. The summed E-state index contributed by atoms with van der Waals surface area (Å²) in [7, 11) is 3.50. The van der Waals surface area contributed by atoms with E-state index in [4.69, 9.17) is 9.84 Å². The van der Waals surface area contributed by atoms with E-state index in [1.807, 2.05) is 7.05 Å². The molecule has 88 valence electrons. The van der Waals surface area contributed by atoms with E-state index in [0.29, 0.717) is 5.92 Å². The van der Waals surface area contributed by atoms with E-state index in [1.54, 1.807) is 7.05 Å². The van der Waals surface area contributed by atoms with Crippen LogP contribution in [0.5, 0.6) is 0 Å². The first-order valence-electron chi connectivity index (χ1n) is 5.35. The second-order valence-corrected chi connectivity index (χ2v) is 3.87. The van der Waals surface area contributed by atoms with Crippen LogP contribution < -0.4 is 10.6 Å². The Morgan fingerprint density at radius 1 is 1.33 bits per heavy atom. The molecule has 2 unspecified atom stereocenters. The fourth-order valence-corrected chi connectivity index (χ4v) is 2.21. The number of rotatable bonds is 5. The standard InChI is InChI=1S/C10H20N2O3/c1-11-8(9(12-2)10(13)14)7-3-5-15-6-4-7/h7-9,11-12H,3-6H2,1-2H3,(H,13,14). The highest BCUT2D eigenvalue weighted by Crippen LogP contribution is 2.20. The predicted molar refractivity (Wildman–Crippen MR) is 56.9 cm³/mol. The topological polar surface area (TPSA) is 70.6 Å². The van der Waals surface area contributed by atoms with Crippen molar-refractivity contribution in [3.63, 3.8) is 0 Å². The third kappa shape index (κ3) is 3.15. The van der Waals surface area contributed by atoms with E-state index in [9.17, 15) is 4.79 Å². The van der Waals surface area contributed by atoms with Gasteiger partial charge in [0, 0.05) is 19.3 Å². The van der Waals surface area contributed by atoms with Crippen LogP contribution >= 0.6 is 0 Å². The van der Waals surface area contributed by atoms with Gasteiger partial charge in [-0.15, -0.1) is 0 Å². The van der Waals surface area contributed by atoms with E-state index in [0.717, 1.165) is 26.1 Å². The highest BCUT2D eigenvalue weighted by Gasteiger charge is 2.32. The highest BCUT2D eigenvalue weighted by atomic mass is 16.5. The van der Waals surface area contributed by atoms with Crippen LogP contribution in [0, 0.1) is 5.92 Å². The molecule has 0 aliphatic carbocycles. The summed E-state index contributed by atoms with van der Waals surface area (Å²) in [6, 6.07) is -0.561. The summed E-state index contributed by atoms with van der Waals surface area (Å²) in [4.78, 5) is 11.0. The molecule has 1 aliphatic rings. The molecular weight excluding hydrogens is 196 g/mol. The Hall–Kier alpha value is -0.650.